The van der Waals surface area contributed by atoms with Crippen molar-refractivity contribution in [2.24, 2.45) is 0 Å². The molecule has 0 atom stereocenters. The molecule has 0 aliphatic heterocycles. The first-order valence-electron chi connectivity index (χ1n) is 5.32. The zero-order chi connectivity index (χ0) is 10.9. The van der Waals surface area contributed by atoms with E-state index in [4.69, 9.17) is 0 Å². The largest absolute Gasteiger partial charge is 0.292 e. The van der Waals surface area contributed by atoms with Crippen LogP contribution in [0.4, 0.5) is 0 Å². The molecule has 1 rings (SSSR count). The number of rotatable bonds is 6. The summed E-state index contributed by atoms with van der Waals surface area (Å²) >= 11 is 0. The molecule has 1 aromatic carbocycles. The van der Waals surface area contributed by atoms with Crippen LogP contribution in [0.5, 0.6) is 0 Å². The van der Waals surface area contributed by atoms with Crippen molar-refractivity contribution in [1.82, 2.24) is 10.9 Å². The fourth-order valence-electron chi connectivity index (χ4n) is 1.46. The fraction of sp³-hybridized carbons (Fsp3) is 0.417. The highest BCUT2D eigenvalue weighted by atomic mass is 16.2. The van der Waals surface area contributed by atoms with Crippen molar-refractivity contribution in [3.63, 3.8) is 0 Å². The van der Waals surface area contributed by atoms with Crippen LogP contribution in [0, 0.1) is 0 Å². The number of nitrogens with one attached hydrogen (secondary N) is 2. The Bertz CT molecular complexity index is 285. The van der Waals surface area contributed by atoms with E-state index in [-0.39, 0.29) is 5.91 Å². The Hall–Kier alpha value is -1.35. The molecule has 0 aromatic heterocycles. The molecule has 0 saturated heterocycles. The number of hydrogen-bond donors (Lipinski definition) is 2. The van der Waals surface area contributed by atoms with Gasteiger partial charge in [-0.15, -0.1) is 0 Å². The Morgan fingerprint density at radius 3 is 2.60 bits per heavy atom. The van der Waals surface area contributed by atoms with Crippen molar-refractivity contribution >= 4 is 5.91 Å². The highest BCUT2D eigenvalue weighted by Gasteiger charge is 1.98. The Morgan fingerprint density at radius 2 is 1.93 bits per heavy atom. The molecule has 0 spiro atoms. The average molecular weight is 206 g/mol. The van der Waals surface area contributed by atoms with Crippen LogP contribution in [0.15, 0.2) is 30.3 Å². The maximum absolute atomic E-state index is 11.1. The number of aryl methyl sites for hydroxylation is 1. The van der Waals surface area contributed by atoms with Gasteiger partial charge in [0.1, 0.15) is 0 Å². The second-order valence-corrected chi connectivity index (χ2v) is 3.49. The topological polar surface area (TPSA) is 41.1 Å². The molecule has 1 aromatic rings. The summed E-state index contributed by atoms with van der Waals surface area (Å²) in [4.78, 5) is 11.1. The van der Waals surface area contributed by atoms with Crippen LogP contribution in [0.1, 0.15) is 24.8 Å². The van der Waals surface area contributed by atoms with Gasteiger partial charge in [-0.1, -0.05) is 30.3 Å². The summed E-state index contributed by atoms with van der Waals surface area (Å²) in [6.45, 7) is 0. The number of unbranched alkanes of at least 4 members (excludes halogenated alkanes) is 1. The summed E-state index contributed by atoms with van der Waals surface area (Å²) < 4.78 is 0. The van der Waals surface area contributed by atoms with Gasteiger partial charge < -0.3 is 0 Å². The molecule has 0 bridgehead atoms. The number of hydrogen-bond acceptors (Lipinski definition) is 2. The standard InChI is InChI=1S/C12H18N2O/c1-13-14-12(15)10-6-5-9-11-7-3-2-4-8-11/h2-4,7-8,13H,5-6,9-10H2,1H3,(H,14,15). The van der Waals surface area contributed by atoms with Gasteiger partial charge in [-0.2, -0.15) is 0 Å². The number of carbonyl (C=O) groups excluding carboxylic acids is 1. The number of hydrazine groups is 1. The molecule has 0 aliphatic rings. The van der Waals surface area contributed by atoms with Crippen molar-refractivity contribution < 1.29 is 4.79 Å². The summed E-state index contributed by atoms with van der Waals surface area (Å²) in [5, 5.41) is 0. The number of amides is 1. The summed E-state index contributed by atoms with van der Waals surface area (Å²) in [5.74, 6) is 0.0607. The summed E-state index contributed by atoms with van der Waals surface area (Å²) in [6.07, 6.45) is 3.63. The minimum Gasteiger partial charge on any atom is -0.292 e. The molecule has 3 heteroatoms. The molecule has 0 heterocycles. The Labute approximate surface area is 90.9 Å². The predicted molar refractivity (Wildman–Crippen MR) is 61.2 cm³/mol. The van der Waals surface area contributed by atoms with Crippen LogP contribution in [-0.4, -0.2) is 13.0 Å². The van der Waals surface area contributed by atoms with Crippen molar-refractivity contribution in [3.8, 4) is 0 Å². The SMILES string of the molecule is CNNC(=O)CCCCc1ccccc1. The zero-order valence-electron chi connectivity index (χ0n) is 9.12. The lowest BCUT2D eigenvalue weighted by Crippen LogP contribution is -2.33. The van der Waals surface area contributed by atoms with Gasteiger partial charge in [-0.3, -0.25) is 10.2 Å². The maximum atomic E-state index is 11.1. The smallest absolute Gasteiger partial charge is 0.234 e. The second-order valence-electron chi connectivity index (χ2n) is 3.49. The minimum absolute atomic E-state index is 0.0607. The first-order valence-corrected chi connectivity index (χ1v) is 5.32. The van der Waals surface area contributed by atoms with Crippen molar-refractivity contribution in [1.29, 1.82) is 0 Å². The van der Waals surface area contributed by atoms with Gasteiger partial charge in [0.15, 0.2) is 0 Å². The molecular formula is C12H18N2O. The zero-order valence-corrected chi connectivity index (χ0v) is 9.12. The van der Waals surface area contributed by atoms with E-state index in [9.17, 15) is 4.79 Å². The Kier molecular flexibility index (Phi) is 5.48. The molecule has 0 saturated carbocycles. The molecule has 3 nitrogen and oxygen atoms in total. The second kappa shape index (κ2) is 7.01. The van der Waals surface area contributed by atoms with Crippen molar-refractivity contribution in [2.75, 3.05) is 7.05 Å². The third kappa shape index (κ3) is 5.18. The van der Waals surface area contributed by atoms with Crippen LogP contribution in [-0.2, 0) is 11.2 Å². The highest BCUT2D eigenvalue weighted by Crippen LogP contribution is 2.05. The van der Waals surface area contributed by atoms with Crippen LogP contribution >= 0.6 is 0 Å². The average Bonchev–Trinajstić information content (AvgIpc) is 2.26. The number of carbonyl (C=O) groups is 1. The van der Waals surface area contributed by atoms with Gasteiger partial charge in [-0.05, 0) is 24.8 Å². The van der Waals surface area contributed by atoms with E-state index in [0.717, 1.165) is 19.3 Å². The van der Waals surface area contributed by atoms with E-state index in [1.165, 1.54) is 5.56 Å². The molecule has 82 valence electrons. The van der Waals surface area contributed by atoms with Crippen LogP contribution in [0.2, 0.25) is 0 Å². The summed E-state index contributed by atoms with van der Waals surface area (Å²) in [6, 6.07) is 10.3. The molecule has 1 amide bonds. The maximum Gasteiger partial charge on any atom is 0.234 e. The summed E-state index contributed by atoms with van der Waals surface area (Å²) in [5.41, 5.74) is 6.52. The Balaban J connectivity index is 2.10. The molecule has 0 fully saturated rings. The fourth-order valence-corrected chi connectivity index (χ4v) is 1.46. The van der Waals surface area contributed by atoms with Crippen LogP contribution < -0.4 is 10.9 Å². The lowest BCUT2D eigenvalue weighted by atomic mass is 10.1. The van der Waals surface area contributed by atoms with Gasteiger partial charge in [-0.25, -0.2) is 5.43 Å². The molecular weight excluding hydrogens is 188 g/mol. The monoisotopic (exact) mass is 206 g/mol. The van der Waals surface area contributed by atoms with E-state index in [1.54, 1.807) is 7.05 Å². The van der Waals surface area contributed by atoms with E-state index >= 15 is 0 Å². The van der Waals surface area contributed by atoms with E-state index in [2.05, 4.69) is 23.0 Å². The molecule has 2 N–H and O–H groups in total. The third-order valence-electron chi connectivity index (χ3n) is 2.23. The van der Waals surface area contributed by atoms with Crippen LogP contribution in [0.25, 0.3) is 0 Å². The quantitative estimate of drug-likeness (QED) is 0.549. The first kappa shape index (κ1) is 11.7. The lowest BCUT2D eigenvalue weighted by Gasteiger charge is -2.03. The summed E-state index contributed by atoms with van der Waals surface area (Å²) in [7, 11) is 1.70. The molecule has 0 aliphatic carbocycles. The van der Waals surface area contributed by atoms with Crippen molar-refractivity contribution in [2.45, 2.75) is 25.7 Å². The van der Waals surface area contributed by atoms with Crippen LogP contribution in [0.3, 0.4) is 0 Å². The number of benzene rings is 1. The van der Waals surface area contributed by atoms with E-state index < -0.39 is 0 Å². The van der Waals surface area contributed by atoms with E-state index in [1.807, 2.05) is 18.2 Å². The normalized spacial score (nSPS) is 9.93. The first-order chi connectivity index (χ1) is 7.33. The van der Waals surface area contributed by atoms with Gasteiger partial charge in [0.05, 0.1) is 0 Å². The minimum atomic E-state index is 0.0607. The third-order valence-corrected chi connectivity index (χ3v) is 2.23. The molecule has 15 heavy (non-hydrogen) atoms. The van der Waals surface area contributed by atoms with Gasteiger partial charge in [0.2, 0.25) is 5.91 Å². The predicted octanol–water partition coefficient (Wildman–Crippen LogP) is 1.65. The van der Waals surface area contributed by atoms with E-state index in [0.29, 0.717) is 6.42 Å². The lowest BCUT2D eigenvalue weighted by molar-refractivity contribution is -0.122. The van der Waals surface area contributed by atoms with Gasteiger partial charge in [0.25, 0.3) is 0 Å². The highest BCUT2D eigenvalue weighted by molar-refractivity contribution is 5.75. The van der Waals surface area contributed by atoms with Crippen molar-refractivity contribution in [3.05, 3.63) is 35.9 Å². The molecule has 0 unspecified atom stereocenters. The Morgan fingerprint density at radius 1 is 1.20 bits per heavy atom. The van der Waals surface area contributed by atoms with Gasteiger partial charge >= 0.3 is 0 Å². The van der Waals surface area contributed by atoms with Gasteiger partial charge in [0, 0.05) is 13.5 Å². The molecule has 0 radical (unpaired) electrons.